The molecule has 4 heteroatoms. The molecule has 0 aliphatic carbocycles. The fraction of sp³-hybridized carbons (Fsp3) is 0.462. The Morgan fingerprint density at radius 2 is 2.12 bits per heavy atom. The summed E-state index contributed by atoms with van der Waals surface area (Å²) in [5.74, 6) is -1.20. The zero-order chi connectivity index (χ0) is 13.1. The monoisotopic (exact) mass is 237 g/mol. The molecular formula is C13H19NO3. The van der Waals surface area contributed by atoms with Crippen molar-refractivity contribution in [2.45, 2.75) is 26.0 Å². The minimum Gasteiger partial charge on any atom is -0.479 e. The minimum atomic E-state index is -1.71. The van der Waals surface area contributed by atoms with E-state index in [4.69, 9.17) is 5.11 Å². The Kier molecular flexibility index (Phi) is 4.26. The van der Waals surface area contributed by atoms with Crippen LogP contribution in [0.4, 0.5) is 0 Å². The lowest BCUT2D eigenvalue weighted by Gasteiger charge is -2.25. The first-order chi connectivity index (χ1) is 7.81. The standard InChI is InChI=1S/C13H19NO3/c1-10-5-4-6-11(7-10)8-14(3)9-13(2,17)12(15)16/h4-7,17H,8-9H2,1-3H3,(H,15,16). The van der Waals surface area contributed by atoms with E-state index >= 15 is 0 Å². The van der Waals surface area contributed by atoms with E-state index in [0.29, 0.717) is 6.54 Å². The number of rotatable bonds is 5. The van der Waals surface area contributed by atoms with Crippen molar-refractivity contribution >= 4 is 5.97 Å². The van der Waals surface area contributed by atoms with Crippen LogP contribution in [-0.2, 0) is 11.3 Å². The van der Waals surface area contributed by atoms with Crippen LogP contribution in [-0.4, -0.2) is 40.3 Å². The summed E-state index contributed by atoms with van der Waals surface area (Å²) in [6, 6.07) is 8.01. The van der Waals surface area contributed by atoms with Crippen molar-refractivity contribution in [3.63, 3.8) is 0 Å². The van der Waals surface area contributed by atoms with Gasteiger partial charge in [-0.15, -0.1) is 0 Å². The number of hydrogen-bond acceptors (Lipinski definition) is 3. The lowest BCUT2D eigenvalue weighted by molar-refractivity contribution is -0.158. The number of nitrogens with zero attached hydrogens (tertiary/aromatic N) is 1. The normalized spacial score (nSPS) is 14.6. The third-order valence-corrected chi connectivity index (χ3v) is 2.57. The third-order valence-electron chi connectivity index (χ3n) is 2.57. The first-order valence-electron chi connectivity index (χ1n) is 5.51. The van der Waals surface area contributed by atoms with E-state index in [0.717, 1.165) is 5.56 Å². The number of aliphatic hydroxyl groups is 1. The molecule has 0 bridgehead atoms. The van der Waals surface area contributed by atoms with Crippen molar-refractivity contribution in [2.75, 3.05) is 13.6 Å². The number of likely N-dealkylation sites (N-methyl/N-ethyl adjacent to an activating group) is 1. The van der Waals surface area contributed by atoms with Crippen LogP contribution in [0.2, 0.25) is 0 Å². The Balaban J connectivity index is 2.61. The average Bonchev–Trinajstić information content (AvgIpc) is 2.15. The van der Waals surface area contributed by atoms with Crippen LogP contribution in [0.1, 0.15) is 18.1 Å². The molecule has 0 spiro atoms. The Labute approximate surface area is 101 Å². The second kappa shape index (κ2) is 5.29. The molecule has 94 valence electrons. The fourth-order valence-corrected chi connectivity index (χ4v) is 1.77. The maximum Gasteiger partial charge on any atom is 0.336 e. The summed E-state index contributed by atoms with van der Waals surface area (Å²) in [5.41, 5.74) is 0.563. The molecule has 1 rings (SSSR count). The van der Waals surface area contributed by atoms with Gasteiger partial charge in [0.2, 0.25) is 0 Å². The van der Waals surface area contributed by atoms with Crippen LogP contribution < -0.4 is 0 Å². The van der Waals surface area contributed by atoms with Crippen molar-refractivity contribution < 1.29 is 15.0 Å². The number of benzene rings is 1. The molecule has 1 aromatic rings. The van der Waals surface area contributed by atoms with Gasteiger partial charge < -0.3 is 10.2 Å². The van der Waals surface area contributed by atoms with E-state index in [1.807, 2.05) is 31.2 Å². The van der Waals surface area contributed by atoms with Crippen molar-refractivity contribution in [2.24, 2.45) is 0 Å². The summed E-state index contributed by atoms with van der Waals surface area (Å²) in [7, 11) is 1.79. The highest BCUT2D eigenvalue weighted by Crippen LogP contribution is 2.10. The molecule has 0 aliphatic heterocycles. The fourth-order valence-electron chi connectivity index (χ4n) is 1.77. The smallest absolute Gasteiger partial charge is 0.336 e. The van der Waals surface area contributed by atoms with Crippen LogP contribution in [0.5, 0.6) is 0 Å². The quantitative estimate of drug-likeness (QED) is 0.809. The van der Waals surface area contributed by atoms with E-state index in [2.05, 4.69) is 0 Å². The Bertz CT molecular complexity index is 401. The highest BCUT2D eigenvalue weighted by atomic mass is 16.4. The number of carbonyl (C=O) groups is 1. The van der Waals surface area contributed by atoms with E-state index < -0.39 is 11.6 Å². The van der Waals surface area contributed by atoms with Gasteiger partial charge in [-0.2, -0.15) is 0 Å². The van der Waals surface area contributed by atoms with Crippen molar-refractivity contribution in [1.29, 1.82) is 0 Å². The average molecular weight is 237 g/mol. The van der Waals surface area contributed by atoms with Crippen LogP contribution in [0.25, 0.3) is 0 Å². The van der Waals surface area contributed by atoms with Gasteiger partial charge in [0.05, 0.1) is 0 Å². The molecule has 0 aromatic heterocycles. The van der Waals surface area contributed by atoms with E-state index in [9.17, 15) is 9.90 Å². The molecule has 4 nitrogen and oxygen atoms in total. The van der Waals surface area contributed by atoms with Crippen molar-refractivity contribution in [1.82, 2.24) is 4.90 Å². The summed E-state index contributed by atoms with van der Waals surface area (Å²) in [5, 5.41) is 18.5. The van der Waals surface area contributed by atoms with Gasteiger partial charge in [-0.05, 0) is 26.5 Å². The molecular weight excluding hydrogens is 218 g/mol. The maximum absolute atomic E-state index is 10.8. The molecule has 2 N–H and O–H groups in total. The number of carboxylic acid groups (broad SMARTS) is 1. The summed E-state index contributed by atoms with van der Waals surface area (Å²) < 4.78 is 0. The lowest BCUT2D eigenvalue weighted by Crippen LogP contribution is -2.45. The molecule has 0 saturated heterocycles. The summed E-state index contributed by atoms with van der Waals surface area (Å²) in [6.07, 6.45) is 0. The molecule has 1 aromatic carbocycles. The van der Waals surface area contributed by atoms with Gasteiger partial charge in [0.15, 0.2) is 5.60 Å². The van der Waals surface area contributed by atoms with Crippen LogP contribution >= 0.6 is 0 Å². The molecule has 0 aliphatic rings. The van der Waals surface area contributed by atoms with E-state index in [1.54, 1.807) is 11.9 Å². The number of aliphatic carboxylic acids is 1. The van der Waals surface area contributed by atoms with E-state index in [1.165, 1.54) is 12.5 Å². The summed E-state index contributed by atoms with van der Waals surface area (Å²) >= 11 is 0. The molecule has 1 atom stereocenters. The van der Waals surface area contributed by atoms with E-state index in [-0.39, 0.29) is 6.54 Å². The van der Waals surface area contributed by atoms with Crippen molar-refractivity contribution in [3.8, 4) is 0 Å². The second-order valence-corrected chi connectivity index (χ2v) is 4.74. The first kappa shape index (κ1) is 13.7. The Morgan fingerprint density at radius 3 is 2.65 bits per heavy atom. The predicted molar refractivity (Wildman–Crippen MR) is 65.8 cm³/mol. The first-order valence-corrected chi connectivity index (χ1v) is 5.51. The molecule has 0 amide bonds. The van der Waals surface area contributed by atoms with Gasteiger partial charge in [0.25, 0.3) is 0 Å². The molecule has 0 fully saturated rings. The Morgan fingerprint density at radius 1 is 1.47 bits per heavy atom. The summed E-state index contributed by atoms with van der Waals surface area (Å²) in [6.45, 7) is 4.03. The maximum atomic E-state index is 10.8. The largest absolute Gasteiger partial charge is 0.479 e. The second-order valence-electron chi connectivity index (χ2n) is 4.74. The zero-order valence-electron chi connectivity index (χ0n) is 10.5. The van der Waals surface area contributed by atoms with Gasteiger partial charge >= 0.3 is 5.97 Å². The number of carboxylic acids is 1. The molecule has 0 radical (unpaired) electrons. The molecule has 1 unspecified atom stereocenters. The highest BCUT2D eigenvalue weighted by molar-refractivity contribution is 5.76. The lowest BCUT2D eigenvalue weighted by atomic mass is 10.1. The van der Waals surface area contributed by atoms with Crippen LogP contribution in [0, 0.1) is 6.92 Å². The number of hydrogen-bond donors (Lipinski definition) is 2. The molecule has 0 heterocycles. The van der Waals surface area contributed by atoms with Gasteiger partial charge in [-0.1, -0.05) is 29.8 Å². The van der Waals surface area contributed by atoms with Gasteiger partial charge in [0, 0.05) is 13.1 Å². The van der Waals surface area contributed by atoms with Gasteiger partial charge in [-0.25, -0.2) is 4.79 Å². The van der Waals surface area contributed by atoms with Gasteiger partial charge in [-0.3, -0.25) is 4.90 Å². The molecule has 17 heavy (non-hydrogen) atoms. The van der Waals surface area contributed by atoms with Crippen LogP contribution in [0.3, 0.4) is 0 Å². The Hall–Kier alpha value is -1.39. The number of aryl methyl sites for hydroxylation is 1. The highest BCUT2D eigenvalue weighted by Gasteiger charge is 2.31. The van der Waals surface area contributed by atoms with Crippen LogP contribution in [0.15, 0.2) is 24.3 Å². The topological polar surface area (TPSA) is 60.8 Å². The predicted octanol–water partition coefficient (Wildman–Crippen LogP) is 1.26. The zero-order valence-corrected chi connectivity index (χ0v) is 10.5. The SMILES string of the molecule is Cc1cccc(CN(C)CC(C)(O)C(=O)O)c1. The molecule has 0 saturated carbocycles. The minimum absolute atomic E-state index is 0.0935. The summed E-state index contributed by atoms with van der Waals surface area (Å²) in [4.78, 5) is 12.6. The van der Waals surface area contributed by atoms with Gasteiger partial charge in [0.1, 0.15) is 0 Å². The third kappa shape index (κ3) is 4.17. The van der Waals surface area contributed by atoms with Crippen molar-refractivity contribution in [3.05, 3.63) is 35.4 Å².